The number of halogens is 1. The van der Waals surface area contributed by atoms with Gasteiger partial charge in [-0.15, -0.1) is 0 Å². The molecule has 0 saturated carbocycles. The fourth-order valence-corrected chi connectivity index (χ4v) is 1.34. The first kappa shape index (κ1) is 13.0. The van der Waals surface area contributed by atoms with Gasteiger partial charge in [0.25, 0.3) is 0 Å². The number of hydrogen-bond acceptors (Lipinski definition) is 2. The molecule has 0 saturated heterocycles. The van der Waals surface area contributed by atoms with Crippen LogP contribution in [0.2, 0.25) is 0 Å². The highest BCUT2D eigenvalue weighted by atomic mass is 19.1. The number of aryl methyl sites for hydroxylation is 1. The van der Waals surface area contributed by atoms with Crippen LogP contribution >= 0.6 is 0 Å². The Morgan fingerprint density at radius 1 is 1.38 bits per heavy atom. The first-order valence-electron chi connectivity index (χ1n) is 5.69. The third kappa shape index (κ3) is 4.62. The van der Waals surface area contributed by atoms with Gasteiger partial charge in [0.05, 0.1) is 0 Å². The zero-order chi connectivity index (χ0) is 12.0. The van der Waals surface area contributed by atoms with Crippen LogP contribution in [0.4, 0.5) is 4.39 Å². The lowest BCUT2D eigenvalue weighted by atomic mass is 10.2. The molecule has 1 N–H and O–H groups in total. The molecule has 1 aromatic rings. The standard InChI is InChI=1S/C13H20FNO/c1-10(2)9-15-6-7-16-12-4-5-13(14)11(3)8-12/h4-5,8,10,15H,6-7,9H2,1-3H3. The van der Waals surface area contributed by atoms with E-state index in [1.165, 1.54) is 6.07 Å². The molecule has 0 bridgehead atoms. The van der Waals surface area contributed by atoms with Crippen molar-refractivity contribution in [3.63, 3.8) is 0 Å². The molecule has 90 valence electrons. The number of nitrogens with one attached hydrogen (secondary N) is 1. The summed E-state index contributed by atoms with van der Waals surface area (Å²) in [6.07, 6.45) is 0. The Hall–Kier alpha value is -1.09. The van der Waals surface area contributed by atoms with Crippen LogP contribution in [-0.4, -0.2) is 19.7 Å². The second-order valence-corrected chi connectivity index (χ2v) is 4.36. The summed E-state index contributed by atoms with van der Waals surface area (Å²) in [4.78, 5) is 0. The van der Waals surface area contributed by atoms with Gasteiger partial charge in [-0.05, 0) is 43.1 Å². The summed E-state index contributed by atoms with van der Waals surface area (Å²) < 4.78 is 18.5. The molecule has 0 atom stereocenters. The monoisotopic (exact) mass is 225 g/mol. The second-order valence-electron chi connectivity index (χ2n) is 4.36. The Labute approximate surface area is 96.8 Å². The minimum absolute atomic E-state index is 0.190. The number of ether oxygens (including phenoxy) is 1. The highest BCUT2D eigenvalue weighted by Crippen LogP contribution is 2.15. The molecule has 16 heavy (non-hydrogen) atoms. The predicted octanol–water partition coefficient (Wildman–Crippen LogP) is 2.76. The van der Waals surface area contributed by atoms with Crippen molar-refractivity contribution in [2.45, 2.75) is 20.8 Å². The van der Waals surface area contributed by atoms with Gasteiger partial charge in [0.15, 0.2) is 0 Å². The molecule has 0 spiro atoms. The van der Waals surface area contributed by atoms with Gasteiger partial charge < -0.3 is 10.1 Å². The van der Waals surface area contributed by atoms with Crippen molar-refractivity contribution < 1.29 is 9.13 Å². The lowest BCUT2D eigenvalue weighted by molar-refractivity contribution is 0.310. The van der Waals surface area contributed by atoms with E-state index >= 15 is 0 Å². The fraction of sp³-hybridized carbons (Fsp3) is 0.538. The lowest BCUT2D eigenvalue weighted by Gasteiger charge is -2.09. The van der Waals surface area contributed by atoms with Gasteiger partial charge in [-0.3, -0.25) is 0 Å². The summed E-state index contributed by atoms with van der Waals surface area (Å²) in [5, 5.41) is 3.28. The van der Waals surface area contributed by atoms with E-state index in [0.29, 0.717) is 18.1 Å². The van der Waals surface area contributed by atoms with Gasteiger partial charge in [-0.1, -0.05) is 13.8 Å². The van der Waals surface area contributed by atoms with Crippen LogP contribution in [0.15, 0.2) is 18.2 Å². The van der Waals surface area contributed by atoms with Crippen LogP contribution in [0.3, 0.4) is 0 Å². The van der Waals surface area contributed by atoms with Crippen molar-refractivity contribution in [1.29, 1.82) is 0 Å². The molecule has 0 unspecified atom stereocenters. The summed E-state index contributed by atoms with van der Waals surface area (Å²) in [5.41, 5.74) is 0.618. The topological polar surface area (TPSA) is 21.3 Å². The van der Waals surface area contributed by atoms with E-state index in [4.69, 9.17) is 4.74 Å². The predicted molar refractivity (Wildman–Crippen MR) is 64.3 cm³/mol. The number of rotatable bonds is 6. The van der Waals surface area contributed by atoms with Gasteiger partial charge in [0, 0.05) is 6.54 Å². The SMILES string of the molecule is Cc1cc(OCCNCC(C)C)ccc1F. The van der Waals surface area contributed by atoms with E-state index in [2.05, 4.69) is 19.2 Å². The summed E-state index contributed by atoms with van der Waals surface area (Å²) in [7, 11) is 0. The average Bonchev–Trinajstić information content (AvgIpc) is 2.22. The molecule has 2 nitrogen and oxygen atoms in total. The molecule has 3 heteroatoms. The van der Waals surface area contributed by atoms with Gasteiger partial charge in [0.1, 0.15) is 18.2 Å². The molecule has 0 heterocycles. The van der Waals surface area contributed by atoms with Crippen LogP contribution in [0.1, 0.15) is 19.4 Å². The molecule has 0 aliphatic rings. The van der Waals surface area contributed by atoms with Gasteiger partial charge in [0.2, 0.25) is 0 Å². The Morgan fingerprint density at radius 3 is 2.75 bits per heavy atom. The largest absolute Gasteiger partial charge is 0.492 e. The minimum Gasteiger partial charge on any atom is -0.492 e. The maximum Gasteiger partial charge on any atom is 0.126 e. The highest BCUT2D eigenvalue weighted by Gasteiger charge is 1.99. The molecule has 1 rings (SSSR count). The first-order valence-corrected chi connectivity index (χ1v) is 5.69. The zero-order valence-corrected chi connectivity index (χ0v) is 10.2. The van der Waals surface area contributed by atoms with Crippen LogP contribution in [0.25, 0.3) is 0 Å². The molecule has 0 aliphatic heterocycles. The third-order valence-corrected chi connectivity index (χ3v) is 2.23. The van der Waals surface area contributed by atoms with Gasteiger partial charge >= 0.3 is 0 Å². The second kappa shape index (κ2) is 6.48. The van der Waals surface area contributed by atoms with Crippen molar-refractivity contribution in [1.82, 2.24) is 5.32 Å². The van der Waals surface area contributed by atoms with Crippen molar-refractivity contribution in [2.24, 2.45) is 5.92 Å². The van der Waals surface area contributed by atoms with Crippen LogP contribution in [0, 0.1) is 18.7 Å². The van der Waals surface area contributed by atoms with E-state index in [0.717, 1.165) is 18.8 Å². The molecule has 0 amide bonds. The Balaban J connectivity index is 2.24. The Bertz CT molecular complexity index is 326. The number of benzene rings is 1. The van der Waals surface area contributed by atoms with E-state index in [1.807, 2.05) is 0 Å². The van der Waals surface area contributed by atoms with Gasteiger partial charge in [-0.25, -0.2) is 4.39 Å². The van der Waals surface area contributed by atoms with E-state index in [9.17, 15) is 4.39 Å². The normalized spacial score (nSPS) is 10.8. The van der Waals surface area contributed by atoms with Crippen molar-refractivity contribution in [3.05, 3.63) is 29.6 Å². The maximum absolute atomic E-state index is 13.0. The van der Waals surface area contributed by atoms with E-state index in [1.54, 1.807) is 19.1 Å². The molecule has 0 radical (unpaired) electrons. The lowest BCUT2D eigenvalue weighted by Crippen LogP contribution is -2.24. The van der Waals surface area contributed by atoms with Crippen molar-refractivity contribution >= 4 is 0 Å². The number of hydrogen-bond donors (Lipinski definition) is 1. The Kier molecular flexibility index (Phi) is 5.26. The van der Waals surface area contributed by atoms with Crippen LogP contribution in [-0.2, 0) is 0 Å². The third-order valence-electron chi connectivity index (χ3n) is 2.23. The van der Waals surface area contributed by atoms with Crippen molar-refractivity contribution in [2.75, 3.05) is 19.7 Å². The molecular formula is C13H20FNO. The van der Waals surface area contributed by atoms with E-state index in [-0.39, 0.29) is 5.82 Å². The van der Waals surface area contributed by atoms with Crippen LogP contribution in [0.5, 0.6) is 5.75 Å². The van der Waals surface area contributed by atoms with Crippen molar-refractivity contribution in [3.8, 4) is 5.75 Å². The molecule has 0 aliphatic carbocycles. The minimum atomic E-state index is -0.190. The summed E-state index contributed by atoms with van der Waals surface area (Å²) in [6, 6.07) is 4.81. The van der Waals surface area contributed by atoms with E-state index < -0.39 is 0 Å². The smallest absolute Gasteiger partial charge is 0.126 e. The Morgan fingerprint density at radius 2 is 2.12 bits per heavy atom. The quantitative estimate of drug-likeness (QED) is 0.752. The maximum atomic E-state index is 13.0. The summed E-state index contributed by atoms with van der Waals surface area (Å²) in [5.74, 6) is 1.18. The average molecular weight is 225 g/mol. The molecule has 1 aromatic carbocycles. The zero-order valence-electron chi connectivity index (χ0n) is 10.2. The highest BCUT2D eigenvalue weighted by molar-refractivity contribution is 5.28. The van der Waals surface area contributed by atoms with Gasteiger partial charge in [-0.2, -0.15) is 0 Å². The molecular weight excluding hydrogens is 205 g/mol. The fourth-order valence-electron chi connectivity index (χ4n) is 1.34. The summed E-state index contributed by atoms with van der Waals surface area (Å²) in [6.45, 7) is 8.48. The molecule has 0 fully saturated rings. The summed E-state index contributed by atoms with van der Waals surface area (Å²) >= 11 is 0. The molecule has 0 aromatic heterocycles. The first-order chi connectivity index (χ1) is 7.59. The van der Waals surface area contributed by atoms with Crippen LogP contribution < -0.4 is 10.1 Å².